The highest BCUT2D eigenvalue weighted by Crippen LogP contribution is 2.29. The molecule has 2 atom stereocenters. The Morgan fingerprint density at radius 2 is 1.08 bits per heavy atom. The van der Waals surface area contributed by atoms with Gasteiger partial charge < -0.3 is 41.4 Å². The first kappa shape index (κ1) is 36.1. The number of carbonyl (C=O) groups is 2. The molecule has 2 fully saturated rings. The number of benzene rings is 4. The molecule has 2 aliphatic rings. The number of hydrogen-bond acceptors (Lipinski definition) is 8. The zero-order valence-electron chi connectivity index (χ0n) is 26.8. The Bertz CT molecular complexity index is 1760. The van der Waals surface area contributed by atoms with Gasteiger partial charge in [0, 0.05) is 37.6 Å². The summed E-state index contributed by atoms with van der Waals surface area (Å²) in [4.78, 5) is 24.2. The lowest BCUT2D eigenvalue weighted by molar-refractivity contribution is 0.0276. The molecule has 0 spiro atoms. The maximum Gasteiger partial charge on any atom is 0.323 e. The molecule has 0 aliphatic carbocycles. The van der Waals surface area contributed by atoms with Gasteiger partial charge in [-0.1, -0.05) is 47.5 Å². The molecule has 4 amide bonds. The first-order valence-corrected chi connectivity index (χ1v) is 16.5. The van der Waals surface area contributed by atoms with Crippen molar-refractivity contribution in [2.24, 2.45) is 0 Å². The Morgan fingerprint density at radius 3 is 1.44 bits per heavy atom. The molecule has 1 unspecified atom stereocenters. The Labute approximate surface area is 299 Å². The molecule has 0 saturated carbocycles. The number of halogens is 2. The largest absolute Gasteiger partial charge is 0.371 e. The smallest absolute Gasteiger partial charge is 0.323 e. The molecule has 6 N–H and O–H groups in total. The molecule has 2 heterocycles. The topological polar surface area (TPSA) is 172 Å². The van der Waals surface area contributed by atoms with Crippen LogP contribution >= 0.6 is 23.2 Å². The Morgan fingerprint density at radius 1 is 0.640 bits per heavy atom. The number of nitrogens with one attached hydrogen (secondary N) is 6. The van der Waals surface area contributed by atoms with E-state index in [1.807, 2.05) is 24.3 Å². The van der Waals surface area contributed by atoms with E-state index in [2.05, 4.69) is 31.9 Å². The molecule has 12 nitrogen and oxygen atoms in total. The van der Waals surface area contributed by atoms with Crippen LogP contribution in [0.5, 0.6) is 0 Å². The number of amides is 4. The monoisotopic (exact) mass is 712 g/mol. The minimum atomic E-state index is -0.430. The maximum atomic E-state index is 12.1. The lowest BCUT2D eigenvalue weighted by atomic mass is 10.1. The van der Waals surface area contributed by atoms with E-state index >= 15 is 0 Å². The molecule has 0 radical (unpaired) electrons. The van der Waals surface area contributed by atoms with E-state index in [0.29, 0.717) is 57.1 Å². The van der Waals surface area contributed by atoms with Gasteiger partial charge in [0.2, 0.25) is 0 Å². The molecular weight excluding hydrogens is 679 g/mol. The van der Waals surface area contributed by atoms with Crippen molar-refractivity contribution < 1.29 is 19.1 Å². The van der Waals surface area contributed by atoms with Crippen LogP contribution in [0.1, 0.15) is 34.5 Å². The fraction of sp³-hybridized carbons (Fsp3) is 0.222. The summed E-state index contributed by atoms with van der Waals surface area (Å²) in [5.41, 5.74) is 4.94. The van der Waals surface area contributed by atoms with Crippen LogP contribution in [-0.2, 0) is 9.47 Å². The van der Waals surface area contributed by atoms with Crippen LogP contribution in [0, 0.1) is 22.7 Å². The highest BCUT2D eigenvalue weighted by molar-refractivity contribution is 6.34. The van der Waals surface area contributed by atoms with Gasteiger partial charge in [-0.25, -0.2) is 9.59 Å². The third-order valence-corrected chi connectivity index (χ3v) is 8.21. The molecule has 0 bridgehead atoms. The molecule has 256 valence electrons. The zero-order valence-corrected chi connectivity index (χ0v) is 28.3. The van der Waals surface area contributed by atoms with Gasteiger partial charge in [0.1, 0.15) is 0 Å². The number of carbonyl (C=O) groups excluding carboxylic acids is 2. The number of morpholine rings is 2. The number of nitrogens with zero attached hydrogens (tertiary/aromatic N) is 2. The second-order valence-electron chi connectivity index (χ2n) is 11.1. The van der Waals surface area contributed by atoms with E-state index < -0.39 is 12.1 Å². The summed E-state index contributed by atoms with van der Waals surface area (Å²) in [5.74, 6) is 0. The minimum absolute atomic E-state index is 0.0390. The SMILES string of the molecule is N#Cc1cccc(NC(=O)Nc2ccc(C3CNCCO3)cc2Cl)c1.N#Cc1cccc(NC(=O)Nc2ccc([C@H]3CNCCO3)cc2Cl)c1. The number of hydrogen-bond donors (Lipinski definition) is 6. The lowest BCUT2D eigenvalue weighted by Crippen LogP contribution is -2.33. The Kier molecular flexibility index (Phi) is 13.0. The number of urea groups is 2. The van der Waals surface area contributed by atoms with Crippen molar-refractivity contribution in [2.45, 2.75) is 12.2 Å². The van der Waals surface area contributed by atoms with Gasteiger partial charge in [0.05, 0.1) is 70.1 Å². The summed E-state index contributed by atoms with van der Waals surface area (Å²) in [6, 6.07) is 27.4. The van der Waals surface area contributed by atoms with Crippen LogP contribution in [-0.4, -0.2) is 51.5 Å². The van der Waals surface area contributed by atoms with Crippen molar-refractivity contribution in [1.82, 2.24) is 10.6 Å². The van der Waals surface area contributed by atoms with E-state index in [-0.39, 0.29) is 12.2 Å². The number of rotatable bonds is 6. The highest BCUT2D eigenvalue weighted by atomic mass is 35.5. The molecule has 4 aromatic rings. The van der Waals surface area contributed by atoms with E-state index in [0.717, 1.165) is 37.3 Å². The van der Waals surface area contributed by atoms with Gasteiger partial charge in [0.15, 0.2) is 0 Å². The molecule has 0 aromatic heterocycles. The Balaban J connectivity index is 0.000000194. The van der Waals surface area contributed by atoms with Crippen LogP contribution in [0.2, 0.25) is 10.0 Å². The van der Waals surface area contributed by atoms with E-state index in [9.17, 15) is 9.59 Å². The zero-order chi connectivity index (χ0) is 35.3. The van der Waals surface area contributed by atoms with Crippen molar-refractivity contribution in [3.8, 4) is 12.1 Å². The molecule has 6 rings (SSSR count). The Hall–Kier alpha value is -5.18. The summed E-state index contributed by atoms with van der Waals surface area (Å²) in [5, 5.41) is 35.9. The van der Waals surface area contributed by atoms with Gasteiger partial charge in [-0.05, 0) is 71.8 Å². The van der Waals surface area contributed by atoms with Gasteiger partial charge in [-0.3, -0.25) is 0 Å². The van der Waals surface area contributed by atoms with Crippen molar-refractivity contribution in [2.75, 3.05) is 60.7 Å². The summed E-state index contributed by atoms with van der Waals surface area (Å²) < 4.78 is 11.4. The molecule has 2 aliphatic heterocycles. The van der Waals surface area contributed by atoms with Crippen molar-refractivity contribution >= 4 is 58.0 Å². The van der Waals surface area contributed by atoms with E-state index in [1.165, 1.54) is 0 Å². The summed E-state index contributed by atoms with van der Waals surface area (Å²) in [6.07, 6.45) is -0.0781. The second kappa shape index (κ2) is 18.0. The third kappa shape index (κ3) is 10.4. The number of anilines is 4. The maximum absolute atomic E-state index is 12.1. The molecular formula is C36H34Cl2N8O4. The van der Waals surface area contributed by atoms with Crippen molar-refractivity contribution in [3.05, 3.63) is 117 Å². The molecule has 50 heavy (non-hydrogen) atoms. The standard InChI is InChI=1S/2C18H17ClN4O2/c2*19-15-9-13(17-11-21-6-7-25-17)4-5-16(15)23-18(24)22-14-3-1-2-12(8-14)10-20/h2*1-5,8-9,17,21H,6-7,11H2,(H2,22,23,24)/t17-;/m1./s1. The van der Waals surface area contributed by atoms with E-state index in [4.69, 9.17) is 43.2 Å². The summed E-state index contributed by atoms with van der Waals surface area (Å²) >= 11 is 12.6. The number of nitriles is 2. The van der Waals surface area contributed by atoms with Gasteiger partial charge in [-0.15, -0.1) is 0 Å². The normalized spacial score (nSPS) is 16.7. The van der Waals surface area contributed by atoms with Gasteiger partial charge >= 0.3 is 12.1 Å². The predicted octanol–water partition coefficient (Wildman–Crippen LogP) is 7.03. The molecule has 2 saturated heterocycles. The number of ether oxygens (including phenoxy) is 2. The van der Waals surface area contributed by atoms with Crippen LogP contribution in [0.25, 0.3) is 0 Å². The van der Waals surface area contributed by atoms with Crippen LogP contribution in [0.3, 0.4) is 0 Å². The molecule has 4 aromatic carbocycles. The van der Waals surface area contributed by atoms with Crippen molar-refractivity contribution in [1.29, 1.82) is 10.5 Å². The fourth-order valence-electron chi connectivity index (χ4n) is 5.13. The fourth-order valence-corrected chi connectivity index (χ4v) is 5.60. The van der Waals surface area contributed by atoms with Crippen LogP contribution < -0.4 is 31.9 Å². The highest BCUT2D eigenvalue weighted by Gasteiger charge is 2.18. The quantitative estimate of drug-likeness (QED) is 0.124. The third-order valence-electron chi connectivity index (χ3n) is 7.58. The summed E-state index contributed by atoms with van der Waals surface area (Å²) in [7, 11) is 0. The average molecular weight is 714 g/mol. The van der Waals surface area contributed by atoms with Crippen molar-refractivity contribution in [3.63, 3.8) is 0 Å². The van der Waals surface area contributed by atoms with Crippen LogP contribution in [0.15, 0.2) is 84.9 Å². The average Bonchev–Trinajstić information content (AvgIpc) is 3.14. The van der Waals surface area contributed by atoms with Crippen LogP contribution in [0.4, 0.5) is 32.3 Å². The molecule has 14 heteroatoms. The second-order valence-corrected chi connectivity index (χ2v) is 12.0. The minimum Gasteiger partial charge on any atom is -0.371 e. The van der Waals surface area contributed by atoms with Gasteiger partial charge in [-0.2, -0.15) is 10.5 Å². The lowest BCUT2D eigenvalue weighted by Gasteiger charge is -2.24. The predicted molar refractivity (Wildman–Crippen MR) is 194 cm³/mol. The van der Waals surface area contributed by atoms with E-state index in [1.54, 1.807) is 72.8 Å². The van der Waals surface area contributed by atoms with Gasteiger partial charge in [0.25, 0.3) is 0 Å². The summed E-state index contributed by atoms with van der Waals surface area (Å²) in [6.45, 7) is 4.48. The first-order valence-electron chi connectivity index (χ1n) is 15.7. The first-order chi connectivity index (χ1) is 24.3.